The van der Waals surface area contributed by atoms with Crippen molar-refractivity contribution in [3.63, 3.8) is 0 Å². The monoisotopic (exact) mass is 317 g/mol. The average Bonchev–Trinajstić information content (AvgIpc) is 2.58. The van der Waals surface area contributed by atoms with Crippen LogP contribution in [0.2, 0.25) is 0 Å². The predicted molar refractivity (Wildman–Crippen MR) is 84.7 cm³/mol. The predicted octanol–water partition coefficient (Wildman–Crippen LogP) is 3.36. The first-order chi connectivity index (χ1) is 11.1. The van der Waals surface area contributed by atoms with Crippen LogP contribution in [-0.4, -0.2) is 25.5 Å². The van der Waals surface area contributed by atoms with Crippen LogP contribution in [0.15, 0.2) is 24.3 Å². The van der Waals surface area contributed by atoms with Crippen molar-refractivity contribution >= 4 is 5.97 Å². The summed E-state index contributed by atoms with van der Waals surface area (Å²) in [6, 6.07) is 9.11. The SMILES string of the molecule is CCCCC[C@H]1OC[C@@](C#N)(C(=O)Oc2ccc(C)cc2)CO1. The van der Waals surface area contributed by atoms with Crippen molar-refractivity contribution in [3.8, 4) is 11.8 Å². The molecule has 5 nitrogen and oxygen atoms in total. The fraction of sp³-hybridized carbons (Fsp3) is 0.556. The molecule has 1 aliphatic rings. The number of carbonyl (C=O) groups excluding carboxylic acids is 1. The van der Waals surface area contributed by atoms with E-state index in [1.807, 2.05) is 25.1 Å². The highest BCUT2D eigenvalue weighted by Crippen LogP contribution is 2.28. The third-order valence-electron chi connectivity index (χ3n) is 3.91. The van der Waals surface area contributed by atoms with E-state index in [1.165, 1.54) is 0 Å². The molecule has 0 bridgehead atoms. The maximum absolute atomic E-state index is 12.4. The molecule has 2 rings (SSSR count). The number of aryl methyl sites for hydroxylation is 1. The number of esters is 1. The van der Waals surface area contributed by atoms with Gasteiger partial charge in [0, 0.05) is 0 Å². The van der Waals surface area contributed by atoms with Crippen molar-refractivity contribution < 1.29 is 19.0 Å². The zero-order valence-electron chi connectivity index (χ0n) is 13.7. The van der Waals surface area contributed by atoms with Gasteiger partial charge in [-0.05, 0) is 31.9 Å². The van der Waals surface area contributed by atoms with Gasteiger partial charge in [-0.25, -0.2) is 4.79 Å². The number of nitriles is 1. The van der Waals surface area contributed by atoms with Crippen LogP contribution in [0.25, 0.3) is 0 Å². The summed E-state index contributed by atoms with van der Waals surface area (Å²) in [6.07, 6.45) is 3.69. The Balaban J connectivity index is 1.92. The van der Waals surface area contributed by atoms with Crippen LogP contribution in [0.3, 0.4) is 0 Å². The van der Waals surface area contributed by atoms with E-state index in [9.17, 15) is 10.1 Å². The second-order valence-electron chi connectivity index (χ2n) is 5.94. The Morgan fingerprint density at radius 1 is 1.30 bits per heavy atom. The van der Waals surface area contributed by atoms with Gasteiger partial charge in [-0.15, -0.1) is 0 Å². The van der Waals surface area contributed by atoms with Crippen molar-refractivity contribution in [1.29, 1.82) is 5.26 Å². The molecule has 0 amide bonds. The van der Waals surface area contributed by atoms with Crippen molar-refractivity contribution in [3.05, 3.63) is 29.8 Å². The van der Waals surface area contributed by atoms with E-state index >= 15 is 0 Å². The van der Waals surface area contributed by atoms with Crippen LogP contribution < -0.4 is 4.74 Å². The van der Waals surface area contributed by atoms with E-state index in [2.05, 4.69) is 6.92 Å². The number of carbonyl (C=O) groups is 1. The summed E-state index contributed by atoms with van der Waals surface area (Å²) in [5, 5.41) is 9.42. The smallest absolute Gasteiger partial charge is 0.336 e. The van der Waals surface area contributed by atoms with Gasteiger partial charge in [0.1, 0.15) is 5.75 Å². The lowest BCUT2D eigenvalue weighted by molar-refractivity contribution is -0.223. The van der Waals surface area contributed by atoms with Gasteiger partial charge in [0.25, 0.3) is 0 Å². The minimum atomic E-state index is -1.40. The minimum Gasteiger partial charge on any atom is -0.425 e. The first-order valence-corrected chi connectivity index (χ1v) is 8.03. The molecule has 1 aromatic rings. The molecule has 0 aliphatic carbocycles. The molecule has 1 aliphatic heterocycles. The highest BCUT2D eigenvalue weighted by molar-refractivity contribution is 5.82. The zero-order chi connectivity index (χ0) is 16.7. The van der Waals surface area contributed by atoms with Crippen LogP contribution in [0.4, 0.5) is 0 Å². The zero-order valence-corrected chi connectivity index (χ0v) is 13.7. The number of nitrogens with zero attached hydrogens (tertiary/aromatic N) is 1. The Kier molecular flexibility index (Phi) is 6.14. The topological polar surface area (TPSA) is 68.5 Å². The van der Waals surface area contributed by atoms with Gasteiger partial charge in [0.2, 0.25) is 5.41 Å². The van der Waals surface area contributed by atoms with Crippen molar-refractivity contribution in [2.75, 3.05) is 13.2 Å². The Morgan fingerprint density at radius 3 is 2.52 bits per heavy atom. The molecule has 1 heterocycles. The number of rotatable bonds is 6. The van der Waals surface area contributed by atoms with Crippen LogP contribution in [-0.2, 0) is 14.3 Å². The lowest BCUT2D eigenvalue weighted by Gasteiger charge is -2.33. The quantitative estimate of drug-likeness (QED) is 0.457. The lowest BCUT2D eigenvalue weighted by atomic mass is 9.91. The first-order valence-electron chi connectivity index (χ1n) is 8.03. The second kappa shape index (κ2) is 8.09. The molecular formula is C18H23NO4. The van der Waals surface area contributed by atoms with Crippen LogP contribution in [0, 0.1) is 23.7 Å². The van der Waals surface area contributed by atoms with Crippen molar-refractivity contribution in [2.24, 2.45) is 5.41 Å². The van der Waals surface area contributed by atoms with Crippen LogP contribution in [0.5, 0.6) is 5.75 Å². The average molecular weight is 317 g/mol. The van der Waals surface area contributed by atoms with Gasteiger partial charge in [0.05, 0.1) is 19.3 Å². The Bertz CT molecular complexity index is 553. The normalized spacial score (nSPS) is 24.0. The van der Waals surface area contributed by atoms with E-state index in [0.717, 1.165) is 31.2 Å². The summed E-state index contributed by atoms with van der Waals surface area (Å²) in [5.74, 6) is -0.212. The highest BCUT2D eigenvalue weighted by Gasteiger charge is 2.46. The molecule has 23 heavy (non-hydrogen) atoms. The molecule has 0 radical (unpaired) electrons. The van der Waals surface area contributed by atoms with Crippen LogP contribution >= 0.6 is 0 Å². The maximum Gasteiger partial charge on any atom is 0.336 e. The summed E-state index contributed by atoms with van der Waals surface area (Å²) in [7, 11) is 0. The first kappa shape index (κ1) is 17.5. The molecule has 1 aromatic carbocycles. The molecule has 124 valence electrons. The van der Waals surface area contributed by atoms with E-state index in [1.54, 1.807) is 12.1 Å². The number of hydrogen-bond donors (Lipinski definition) is 0. The fourth-order valence-electron chi connectivity index (χ4n) is 2.33. The highest BCUT2D eigenvalue weighted by atomic mass is 16.7. The van der Waals surface area contributed by atoms with E-state index in [0.29, 0.717) is 5.75 Å². The fourth-order valence-corrected chi connectivity index (χ4v) is 2.33. The molecule has 1 fully saturated rings. The molecule has 0 saturated carbocycles. The van der Waals surface area contributed by atoms with Crippen LogP contribution in [0.1, 0.15) is 38.2 Å². The molecule has 0 unspecified atom stereocenters. The third-order valence-corrected chi connectivity index (χ3v) is 3.91. The summed E-state index contributed by atoms with van der Waals surface area (Å²) in [4.78, 5) is 12.4. The van der Waals surface area contributed by atoms with Crippen molar-refractivity contribution in [1.82, 2.24) is 0 Å². The summed E-state index contributed by atoms with van der Waals surface area (Å²) >= 11 is 0. The number of benzene rings is 1. The van der Waals surface area contributed by atoms with Gasteiger partial charge in [-0.1, -0.05) is 37.5 Å². The van der Waals surface area contributed by atoms with Gasteiger partial charge in [0.15, 0.2) is 6.29 Å². The number of unbranched alkanes of at least 4 members (excludes halogenated alkanes) is 2. The van der Waals surface area contributed by atoms with E-state index in [4.69, 9.17) is 14.2 Å². The molecule has 0 N–H and O–H groups in total. The van der Waals surface area contributed by atoms with Gasteiger partial charge in [-0.2, -0.15) is 5.26 Å². The van der Waals surface area contributed by atoms with Gasteiger partial charge in [-0.3, -0.25) is 0 Å². The summed E-state index contributed by atoms with van der Waals surface area (Å²) in [6.45, 7) is 4.09. The molecular weight excluding hydrogens is 294 g/mol. The maximum atomic E-state index is 12.4. The second-order valence-corrected chi connectivity index (χ2v) is 5.94. The number of ether oxygens (including phenoxy) is 3. The van der Waals surface area contributed by atoms with Gasteiger partial charge >= 0.3 is 5.97 Å². The van der Waals surface area contributed by atoms with E-state index < -0.39 is 11.4 Å². The Hall–Kier alpha value is -1.90. The standard InChI is InChI=1S/C18H23NO4/c1-3-4-5-6-16-21-12-18(11-19,13-22-16)17(20)23-15-9-7-14(2)8-10-15/h7-10,16H,3-6,12-13H2,1-2H3/t16-,18+. The third kappa shape index (κ3) is 4.54. The minimum absolute atomic E-state index is 0.00495. The molecule has 0 spiro atoms. The number of hydrogen-bond acceptors (Lipinski definition) is 5. The lowest BCUT2D eigenvalue weighted by Crippen LogP contribution is -2.48. The molecule has 0 aromatic heterocycles. The van der Waals surface area contributed by atoms with Gasteiger partial charge < -0.3 is 14.2 Å². The van der Waals surface area contributed by atoms with Crippen molar-refractivity contribution in [2.45, 2.75) is 45.8 Å². The molecule has 0 atom stereocenters. The Morgan fingerprint density at radius 2 is 1.96 bits per heavy atom. The summed E-state index contributed by atoms with van der Waals surface area (Å²) in [5.41, 5.74) is -0.328. The molecule has 5 heteroatoms. The Labute approximate surface area is 137 Å². The van der Waals surface area contributed by atoms with E-state index in [-0.39, 0.29) is 19.5 Å². The summed E-state index contributed by atoms with van der Waals surface area (Å²) < 4.78 is 16.4. The largest absolute Gasteiger partial charge is 0.425 e. The molecule has 1 saturated heterocycles.